The van der Waals surface area contributed by atoms with E-state index < -0.39 is 9.73 Å². The molecule has 4 heteroatoms. The molecule has 1 unspecified atom stereocenters. The van der Waals surface area contributed by atoms with Crippen molar-refractivity contribution in [1.29, 1.82) is 4.78 Å². The van der Waals surface area contributed by atoms with Gasteiger partial charge in [0.05, 0.1) is 14.6 Å². The molecule has 13 heavy (non-hydrogen) atoms. The van der Waals surface area contributed by atoms with Gasteiger partial charge in [-0.15, -0.1) is 0 Å². The van der Waals surface area contributed by atoms with Crippen molar-refractivity contribution in [2.24, 2.45) is 0 Å². The van der Waals surface area contributed by atoms with Crippen molar-refractivity contribution >= 4 is 25.7 Å². The van der Waals surface area contributed by atoms with E-state index in [9.17, 15) is 4.21 Å². The summed E-state index contributed by atoms with van der Waals surface area (Å²) < 4.78 is 19.3. The minimum absolute atomic E-state index is 0.494. The molecule has 0 aliphatic carbocycles. The lowest BCUT2D eigenvalue weighted by Crippen LogP contribution is -1.95. The summed E-state index contributed by atoms with van der Waals surface area (Å²) in [7, 11) is -2.45. The van der Waals surface area contributed by atoms with E-state index in [-0.39, 0.29) is 0 Å². The second-order valence-electron chi connectivity index (χ2n) is 3.21. The highest BCUT2D eigenvalue weighted by atomic mass is 79.9. The summed E-state index contributed by atoms with van der Waals surface area (Å²) in [5.41, 5.74) is 2.28. The molecule has 1 aliphatic heterocycles. The molecule has 0 saturated heterocycles. The molecule has 0 aromatic heterocycles. The van der Waals surface area contributed by atoms with E-state index in [0.29, 0.717) is 5.75 Å². The predicted octanol–water partition coefficient (Wildman–Crippen LogP) is 2.54. The third-order valence-corrected chi connectivity index (χ3v) is 4.83. The van der Waals surface area contributed by atoms with Crippen molar-refractivity contribution in [2.75, 3.05) is 5.75 Å². The van der Waals surface area contributed by atoms with Crippen LogP contribution in [-0.2, 0) is 21.5 Å². The molecule has 0 saturated carbocycles. The van der Waals surface area contributed by atoms with Gasteiger partial charge in [-0.05, 0) is 23.6 Å². The largest absolute Gasteiger partial charge is 0.249 e. The Kier molecular flexibility index (Phi) is 2.20. The van der Waals surface area contributed by atoms with Gasteiger partial charge in [-0.2, -0.15) is 0 Å². The van der Waals surface area contributed by atoms with Crippen molar-refractivity contribution in [2.45, 2.75) is 16.6 Å². The highest BCUT2D eigenvalue weighted by molar-refractivity contribution is 9.08. The SMILES string of the molecule is N=S1(=O)CCc2cc(CBr)ccc21. The van der Waals surface area contributed by atoms with Crippen LogP contribution in [0.2, 0.25) is 0 Å². The second-order valence-corrected chi connectivity index (χ2v) is 5.96. The van der Waals surface area contributed by atoms with E-state index in [4.69, 9.17) is 4.78 Å². The quantitative estimate of drug-likeness (QED) is 0.774. The Hall–Kier alpha value is -0.350. The molecule has 1 aromatic rings. The molecule has 1 heterocycles. The molecular weight excluding hydrogens is 250 g/mol. The zero-order valence-corrected chi connectivity index (χ0v) is 9.45. The Morgan fingerprint density at radius 2 is 2.31 bits per heavy atom. The summed E-state index contributed by atoms with van der Waals surface area (Å²) in [4.78, 5) is 0.747. The van der Waals surface area contributed by atoms with Gasteiger partial charge in [-0.3, -0.25) is 0 Å². The van der Waals surface area contributed by atoms with Crippen LogP contribution in [0.1, 0.15) is 11.1 Å². The molecule has 0 fully saturated rings. The van der Waals surface area contributed by atoms with Crippen LogP contribution in [0.5, 0.6) is 0 Å². The number of alkyl halides is 1. The number of halogens is 1. The Balaban J connectivity index is 2.59. The van der Waals surface area contributed by atoms with Crippen LogP contribution in [0.15, 0.2) is 23.1 Å². The smallest absolute Gasteiger partial charge is 0.0732 e. The van der Waals surface area contributed by atoms with Crippen LogP contribution in [0.4, 0.5) is 0 Å². The minimum atomic E-state index is -2.45. The van der Waals surface area contributed by atoms with Crippen molar-refractivity contribution in [3.63, 3.8) is 0 Å². The third-order valence-electron chi connectivity index (χ3n) is 2.29. The Morgan fingerprint density at radius 3 is 3.00 bits per heavy atom. The van der Waals surface area contributed by atoms with E-state index in [1.807, 2.05) is 18.2 Å². The first-order chi connectivity index (χ1) is 6.13. The van der Waals surface area contributed by atoms with Crippen molar-refractivity contribution in [3.8, 4) is 0 Å². The lowest BCUT2D eigenvalue weighted by Gasteiger charge is -2.01. The van der Waals surface area contributed by atoms with Crippen molar-refractivity contribution in [1.82, 2.24) is 0 Å². The number of rotatable bonds is 1. The summed E-state index contributed by atoms with van der Waals surface area (Å²) in [6.45, 7) is 0. The Bertz CT molecular complexity index is 439. The van der Waals surface area contributed by atoms with E-state index in [1.165, 1.54) is 5.56 Å². The summed E-state index contributed by atoms with van der Waals surface area (Å²) in [5.74, 6) is 0.494. The van der Waals surface area contributed by atoms with Crippen molar-refractivity contribution < 1.29 is 4.21 Å². The fraction of sp³-hybridized carbons (Fsp3) is 0.333. The van der Waals surface area contributed by atoms with Gasteiger partial charge in [-0.1, -0.05) is 28.1 Å². The van der Waals surface area contributed by atoms with Gasteiger partial charge in [0, 0.05) is 11.1 Å². The Morgan fingerprint density at radius 1 is 1.54 bits per heavy atom. The molecule has 1 aliphatic rings. The highest BCUT2D eigenvalue weighted by Gasteiger charge is 2.22. The van der Waals surface area contributed by atoms with Crippen LogP contribution in [0.25, 0.3) is 0 Å². The number of nitrogens with one attached hydrogen (secondary N) is 1. The molecule has 1 N–H and O–H groups in total. The molecule has 1 atom stereocenters. The molecule has 70 valence electrons. The number of aryl methyl sites for hydroxylation is 1. The monoisotopic (exact) mass is 259 g/mol. The average Bonchev–Trinajstić information content (AvgIpc) is 2.42. The minimum Gasteiger partial charge on any atom is -0.249 e. The summed E-state index contributed by atoms with van der Waals surface area (Å²) in [5, 5.41) is 0.819. The molecule has 0 bridgehead atoms. The van der Waals surface area contributed by atoms with E-state index >= 15 is 0 Å². The molecule has 2 nitrogen and oxygen atoms in total. The topological polar surface area (TPSA) is 40.9 Å². The second kappa shape index (κ2) is 3.10. The number of hydrogen-bond donors (Lipinski definition) is 1. The van der Waals surface area contributed by atoms with Gasteiger partial charge in [0.1, 0.15) is 0 Å². The van der Waals surface area contributed by atoms with Gasteiger partial charge in [-0.25, -0.2) is 8.99 Å². The fourth-order valence-electron chi connectivity index (χ4n) is 1.60. The first kappa shape index (κ1) is 9.21. The maximum atomic E-state index is 11.7. The molecule has 0 radical (unpaired) electrons. The maximum Gasteiger partial charge on any atom is 0.0732 e. The standard InChI is InChI=1S/C9H10BrNOS/c10-6-7-1-2-9-8(5-7)3-4-13(9,11)12/h1-2,5,11H,3-4,6H2. The number of fused-ring (bicyclic) bond motifs is 1. The number of hydrogen-bond acceptors (Lipinski definition) is 2. The summed E-state index contributed by atoms with van der Waals surface area (Å²) >= 11 is 3.38. The normalized spacial score (nSPS) is 25.9. The molecule has 1 aromatic carbocycles. The van der Waals surface area contributed by atoms with Gasteiger partial charge in [0.15, 0.2) is 0 Å². The first-order valence-corrected chi connectivity index (χ1v) is 6.92. The number of benzene rings is 1. The average molecular weight is 260 g/mol. The van der Waals surface area contributed by atoms with E-state index in [1.54, 1.807) is 0 Å². The van der Waals surface area contributed by atoms with Gasteiger partial charge in [0.25, 0.3) is 0 Å². The van der Waals surface area contributed by atoms with Crippen molar-refractivity contribution in [3.05, 3.63) is 29.3 Å². The molecule has 0 amide bonds. The third kappa shape index (κ3) is 1.53. The summed E-state index contributed by atoms with van der Waals surface area (Å²) in [6, 6.07) is 5.83. The highest BCUT2D eigenvalue weighted by Crippen LogP contribution is 2.27. The molecule has 2 rings (SSSR count). The van der Waals surface area contributed by atoms with Gasteiger partial charge < -0.3 is 0 Å². The molecular formula is C9H10BrNOS. The lowest BCUT2D eigenvalue weighted by molar-refractivity contribution is 0.677. The predicted molar refractivity (Wildman–Crippen MR) is 56.8 cm³/mol. The van der Waals surface area contributed by atoms with E-state index in [0.717, 1.165) is 22.2 Å². The molecule has 0 spiro atoms. The van der Waals surface area contributed by atoms with Crippen LogP contribution >= 0.6 is 15.9 Å². The lowest BCUT2D eigenvalue weighted by atomic mass is 10.1. The maximum absolute atomic E-state index is 11.7. The Labute approximate surface area is 86.5 Å². The van der Waals surface area contributed by atoms with Crippen LogP contribution < -0.4 is 0 Å². The van der Waals surface area contributed by atoms with Gasteiger partial charge in [0.2, 0.25) is 0 Å². The fourth-order valence-corrected chi connectivity index (χ4v) is 3.55. The summed E-state index contributed by atoms with van der Waals surface area (Å²) in [6.07, 6.45) is 0.790. The van der Waals surface area contributed by atoms with E-state index in [2.05, 4.69) is 15.9 Å². The zero-order valence-electron chi connectivity index (χ0n) is 7.05. The van der Waals surface area contributed by atoms with Crippen LogP contribution in [-0.4, -0.2) is 9.96 Å². The first-order valence-electron chi connectivity index (χ1n) is 4.08. The van der Waals surface area contributed by atoms with Crippen LogP contribution in [0, 0.1) is 4.78 Å². The van der Waals surface area contributed by atoms with Gasteiger partial charge >= 0.3 is 0 Å². The zero-order chi connectivity index (χ0) is 9.47. The van der Waals surface area contributed by atoms with Crippen LogP contribution in [0.3, 0.4) is 0 Å².